The fourth-order valence-electron chi connectivity index (χ4n) is 2.63. The molecule has 0 saturated heterocycles. The van der Waals surface area contributed by atoms with Crippen LogP contribution < -0.4 is 11.1 Å². The Morgan fingerprint density at radius 2 is 2.22 bits per heavy atom. The van der Waals surface area contributed by atoms with Gasteiger partial charge in [-0.3, -0.25) is 0 Å². The van der Waals surface area contributed by atoms with E-state index in [1.807, 2.05) is 18.2 Å². The first kappa shape index (κ1) is 13.8. The van der Waals surface area contributed by atoms with Crippen molar-refractivity contribution in [2.24, 2.45) is 11.1 Å². The number of nitrogens with one attached hydrogen (secondary N) is 1. The van der Waals surface area contributed by atoms with E-state index in [0.29, 0.717) is 16.4 Å². The van der Waals surface area contributed by atoms with Gasteiger partial charge in [-0.05, 0) is 36.5 Å². The molecule has 0 bridgehead atoms. The molecule has 1 aliphatic carbocycles. The van der Waals surface area contributed by atoms with Crippen LogP contribution in [0.25, 0.3) is 0 Å². The molecule has 2 nitrogen and oxygen atoms in total. The van der Waals surface area contributed by atoms with Gasteiger partial charge >= 0.3 is 0 Å². The second-order valence-corrected chi connectivity index (χ2v) is 6.99. The van der Waals surface area contributed by atoms with E-state index in [0.717, 1.165) is 15.7 Å². The Kier molecular flexibility index (Phi) is 3.97. The third-order valence-electron chi connectivity index (χ3n) is 3.83. The van der Waals surface area contributed by atoms with Crippen molar-refractivity contribution in [1.29, 1.82) is 0 Å². The van der Waals surface area contributed by atoms with Crippen LogP contribution in [0.3, 0.4) is 0 Å². The number of benzene rings is 1. The van der Waals surface area contributed by atoms with Gasteiger partial charge in [0.25, 0.3) is 0 Å². The van der Waals surface area contributed by atoms with Gasteiger partial charge in [-0.1, -0.05) is 48.4 Å². The van der Waals surface area contributed by atoms with Gasteiger partial charge in [0, 0.05) is 21.8 Å². The Balaban J connectivity index is 2.26. The molecule has 1 atom stereocenters. The molecular weight excluding hydrogens is 308 g/mol. The fourth-order valence-corrected chi connectivity index (χ4v) is 3.16. The summed E-state index contributed by atoms with van der Waals surface area (Å²) in [5, 5.41) is 3.62. The molecular formula is C14H19BrN2S. The molecule has 1 saturated carbocycles. The number of rotatable bonds is 3. The van der Waals surface area contributed by atoms with Crippen LogP contribution in [0.15, 0.2) is 22.7 Å². The van der Waals surface area contributed by atoms with Crippen LogP contribution in [0.4, 0.5) is 5.69 Å². The maximum Gasteiger partial charge on any atom is 0.106 e. The van der Waals surface area contributed by atoms with E-state index in [1.54, 1.807) is 0 Å². The molecule has 1 unspecified atom stereocenters. The van der Waals surface area contributed by atoms with Crippen LogP contribution in [0.1, 0.15) is 38.7 Å². The predicted octanol–water partition coefficient (Wildman–Crippen LogP) is 4.07. The van der Waals surface area contributed by atoms with Gasteiger partial charge in [-0.15, -0.1) is 0 Å². The summed E-state index contributed by atoms with van der Waals surface area (Å²) in [5.74, 6) is 0. The summed E-state index contributed by atoms with van der Waals surface area (Å²) in [4.78, 5) is 0.439. The van der Waals surface area contributed by atoms with Crippen molar-refractivity contribution >= 4 is 38.8 Å². The van der Waals surface area contributed by atoms with Crippen LogP contribution in [0, 0.1) is 5.41 Å². The molecule has 98 valence electrons. The third-order valence-corrected chi connectivity index (χ3v) is 4.55. The second-order valence-electron chi connectivity index (χ2n) is 5.63. The zero-order valence-electron chi connectivity index (χ0n) is 10.8. The molecule has 1 aromatic rings. The standard InChI is InChI=1S/C14H19BrN2S/c1-14(2)7-3-4-12(14)17-11-6-5-9(15)8-10(11)13(16)18/h5-6,8,12,17H,3-4,7H2,1-2H3,(H2,16,18). The van der Waals surface area contributed by atoms with Crippen molar-refractivity contribution in [2.75, 3.05) is 5.32 Å². The molecule has 2 rings (SSSR count). The normalized spacial score (nSPS) is 21.8. The van der Waals surface area contributed by atoms with Crippen LogP contribution in [-0.2, 0) is 0 Å². The van der Waals surface area contributed by atoms with Gasteiger partial charge in [0.1, 0.15) is 4.99 Å². The molecule has 0 aliphatic heterocycles. The Labute approximate surface area is 122 Å². The fraction of sp³-hybridized carbons (Fsp3) is 0.500. The first-order valence-corrected chi connectivity index (χ1v) is 7.46. The third kappa shape index (κ3) is 2.86. The van der Waals surface area contributed by atoms with E-state index in [9.17, 15) is 0 Å². The SMILES string of the molecule is CC1(C)CCCC1Nc1ccc(Br)cc1C(N)=S. The molecule has 0 radical (unpaired) electrons. The highest BCUT2D eigenvalue weighted by atomic mass is 79.9. The average Bonchev–Trinajstić information content (AvgIpc) is 2.60. The van der Waals surface area contributed by atoms with Crippen LogP contribution in [0.5, 0.6) is 0 Å². The Morgan fingerprint density at radius 3 is 2.78 bits per heavy atom. The van der Waals surface area contributed by atoms with Crippen molar-refractivity contribution in [2.45, 2.75) is 39.2 Å². The summed E-state index contributed by atoms with van der Waals surface area (Å²) in [6.45, 7) is 4.63. The molecule has 0 heterocycles. The molecule has 0 aromatic heterocycles. The lowest BCUT2D eigenvalue weighted by Crippen LogP contribution is -2.31. The molecule has 1 aromatic carbocycles. The number of hydrogen-bond acceptors (Lipinski definition) is 2. The minimum Gasteiger partial charge on any atom is -0.389 e. The first-order chi connectivity index (χ1) is 8.40. The van der Waals surface area contributed by atoms with Crippen molar-refractivity contribution in [3.63, 3.8) is 0 Å². The number of nitrogens with two attached hydrogens (primary N) is 1. The van der Waals surface area contributed by atoms with Gasteiger partial charge in [0.2, 0.25) is 0 Å². The smallest absolute Gasteiger partial charge is 0.106 e. The molecule has 1 aliphatic rings. The summed E-state index contributed by atoms with van der Waals surface area (Å²) in [7, 11) is 0. The molecule has 18 heavy (non-hydrogen) atoms. The monoisotopic (exact) mass is 326 g/mol. The topological polar surface area (TPSA) is 38.0 Å². The number of thiocarbonyl (C=S) groups is 1. The zero-order chi connectivity index (χ0) is 13.3. The lowest BCUT2D eigenvalue weighted by Gasteiger charge is -2.29. The quantitative estimate of drug-likeness (QED) is 0.822. The highest BCUT2D eigenvalue weighted by Gasteiger charge is 2.34. The first-order valence-electron chi connectivity index (χ1n) is 6.26. The van der Waals surface area contributed by atoms with E-state index < -0.39 is 0 Å². The minimum absolute atomic E-state index is 0.334. The number of hydrogen-bond donors (Lipinski definition) is 2. The summed E-state index contributed by atoms with van der Waals surface area (Å²) >= 11 is 8.58. The van der Waals surface area contributed by atoms with Gasteiger partial charge in [-0.2, -0.15) is 0 Å². The van der Waals surface area contributed by atoms with Gasteiger partial charge < -0.3 is 11.1 Å². The van der Waals surface area contributed by atoms with Crippen LogP contribution in [0.2, 0.25) is 0 Å². The molecule has 3 N–H and O–H groups in total. The largest absolute Gasteiger partial charge is 0.389 e. The van der Waals surface area contributed by atoms with Crippen molar-refractivity contribution in [3.8, 4) is 0 Å². The summed E-state index contributed by atoms with van der Waals surface area (Å²) < 4.78 is 1.00. The van der Waals surface area contributed by atoms with Crippen LogP contribution in [-0.4, -0.2) is 11.0 Å². The van der Waals surface area contributed by atoms with Crippen LogP contribution >= 0.6 is 28.1 Å². The van der Waals surface area contributed by atoms with E-state index >= 15 is 0 Å². The van der Waals surface area contributed by atoms with Crippen molar-refractivity contribution in [3.05, 3.63) is 28.2 Å². The summed E-state index contributed by atoms with van der Waals surface area (Å²) in [5.41, 5.74) is 8.10. The van der Waals surface area contributed by atoms with Gasteiger partial charge in [-0.25, -0.2) is 0 Å². The highest BCUT2D eigenvalue weighted by Crippen LogP contribution is 2.39. The predicted molar refractivity (Wildman–Crippen MR) is 85.1 cm³/mol. The average molecular weight is 327 g/mol. The molecule has 0 amide bonds. The van der Waals surface area contributed by atoms with E-state index in [-0.39, 0.29) is 0 Å². The van der Waals surface area contributed by atoms with Gasteiger partial charge in [0.15, 0.2) is 0 Å². The summed E-state index contributed by atoms with van der Waals surface area (Å²) in [6, 6.07) is 6.54. The molecule has 1 fully saturated rings. The zero-order valence-corrected chi connectivity index (χ0v) is 13.2. The Morgan fingerprint density at radius 1 is 1.50 bits per heavy atom. The number of anilines is 1. The van der Waals surface area contributed by atoms with E-state index in [2.05, 4.69) is 35.1 Å². The van der Waals surface area contributed by atoms with Crippen molar-refractivity contribution in [1.82, 2.24) is 0 Å². The van der Waals surface area contributed by atoms with Crippen molar-refractivity contribution < 1.29 is 0 Å². The van der Waals surface area contributed by atoms with E-state index in [1.165, 1.54) is 19.3 Å². The maximum absolute atomic E-state index is 5.80. The second kappa shape index (κ2) is 5.17. The maximum atomic E-state index is 5.80. The molecule has 4 heteroatoms. The lowest BCUT2D eigenvalue weighted by molar-refractivity contribution is 0.350. The summed E-state index contributed by atoms with van der Waals surface area (Å²) in [6.07, 6.45) is 3.76. The molecule has 0 spiro atoms. The van der Waals surface area contributed by atoms with E-state index in [4.69, 9.17) is 18.0 Å². The lowest BCUT2D eigenvalue weighted by atomic mass is 9.87. The van der Waals surface area contributed by atoms with Gasteiger partial charge in [0.05, 0.1) is 0 Å². The Bertz CT molecular complexity index is 471. The minimum atomic E-state index is 0.334. The highest BCUT2D eigenvalue weighted by molar-refractivity contribution is 9.10. The number of halogens is 1. The Hall–Kier alpha value is -0.610.